The normalized spacial score (nSPS) is 12.6. The van der Waals surface area contributed by atoms with Gasteiger partial charge in [-0.15, -0.1) is 0 Å². The SMILES string of the molecule is CN(C)C(=O)c1cccc(OC2=NCCC(Oc3cc(C#N)ccc3OCc3ccccc3)=N2)c1. The number of carbonyl (C=O) groups excluding carboxylic acids is 1. The molecule has 3 aromatic rings. The van der Waals surface area contributed by atoms with E-state index in [-0.39, 0.29) is 11.9 Å². The average molecular weight is 469 g/mol. The van der Waals surface area contributed by atoms with Crippen LogP contribution in [0.1, 0.15) is 27.9 Å². The van der Waals surface area contributed by atoms with Crippen molar-refractivity contribution in [2.45, 2.75) is 13.0 Å². The minimum absolute atomic E-state index is 0.129. The molecular formula is C27H24N4O4. The Hall–Kier alpha value is -4.64. The van der Waals surface area contributed by atoms with Crippen LogP contribution in [0.4, 0.5) is 0 Å². The molecule has 1 aliphatic rings. The topological polar surface area (TPSA) is 96.5 Å². The molecule has 0 atom stereocenters. The van der Waals surface area contributed by atoms with E-state index in [1.165, 1.54) is 4.90 Å². The van der Waals surface area contributed by atoms with Crippen molar-refractivity contribution in [1.82, 2.24) is 4.90 Å². The number of amides is 1. The number of hydrogen-bond acceptors (Lipinski definition) is 7. The summed E-state index contributed by atoms with van der Waals surface area (Å²) in [5, 5.41) is 9.33. The summed E-state index contributed by atoms with van der Waals surface area (Å²) in [5.41, 5.74) is 1.95. The van der Waals surface area contributed by atoms with Crippen molar-refractivity contribution in [2.24, 2.45) is 9.98 Å². The minimum atomic E-state index is -0.131. The number of amidine groups is 1. The molecule has 0 aromatic heterocycles. The van der Waals surface area contributed by atoms with E-state index in [1.54, 1.807) is 56.6 Å². The first kappa shape index (κ1) is 23.5. The van der Waals surface area contributed by atoms with Crippen LogP contribution in [0.2, 0.25) is 0 Å². The van der Waals surface area contributed by atoms with Crippen LogP contribution in [0.5, 0.6) is 17.2 Å². The van der Waals surface area contributed by atoms with Crippen LogP contribution >= 0.6 is 0 Å². The first-order valence-corrected chi connectivity index (χ1v) is 11.0. The van der Waals surface area contributed by atoms with Crippen molar-refractivity contribution >= 4 is 17.8 Å². The maximum Gasteiger partial charge on any atom is 0.320 e. The number of aliphatic imine (C=N–C) groups is 2. The lowest BCUT2D eigenvalue weighted by Gasteiger charge is -2.16. The Morgan fingerprint density at radius 1 is 1.00 bits per heavy atom. The van der Waals surface area contributed by atoms with Gasteiger partial charge in [0.15, 0.2) is 11.5 Å². The van der Waals surface area contributed by atoms with Crippen LogP contribution in [0.3, 0.4) is 0 Å². The zero-order valence-corrected chi connectivity index (χ0v) is 19.5. The quantitative estimate of drug-likeness (QED) is 0.532. The van der Waals surface area contributed by atoms with Crippen LogP contribution in [-0.2, 0) is 6.61 Å². The molecule has 0 unspecified atom stereocenters. The second-order valence-electron chi connectivity index (χ2n) is 7.90. The van der Waals surface area contributed by atoms with Gasteiger partial charge >= 0.3 is 6.02 Å². The summed E-state index contributed by atoms with van der Waals surface area (Å²) in [6, 6.07) is 23.8. The Morgan fingerprint density at radius 2 is 1.83 bits per heavy atom. The molecule has 0 N–H and O–H groups in total. The van der Waals surface area contributed by atoms with Crippen molar-refractivity contribution in [3.8, 4) is 23.3 Å². The van der Waals surface area contributed by atoms with Crippen molar-refractivity contribution < 1.29 is 19.0 Å². The zero-order chi connectivity index (χ0) is 24.6. The maximum absolute atomic E-state index is 12.2. The summed E-state index contributed by atoms with van der Waals surface area (Å²) in [5.74, 6) is 1.58. The molecule has 35 heavy (non-hydrogen) atoms. The number of nitrogens with zero attached hydrogens (tertiary/aromatic N) is 4. The van der Waals surface area contributed by atoms with Gasteiger partial charge in [0.25, 0.3) is 5.91 Å². The van der Waals surface area contributed by atoms with Gasteiger partial charge < -0.3 is 19.1 Å². The first-order chi connectivity index (χ1) is 17.0. The number of hydrogen-bond donors (Lipinski definition) is 0. The molecule has 0 spiro atoms. The highest BCUT2D eigenvalue weighted by Gasteiger charge is 2.17. The highest BCUT2D eigenvalue weighted by molar-refractivity contribution is 5.96. The van der Waals surface area contributed by atoms with Gasteiger partial charge in [0, 0.05) is 32.1 Å². The highest BCUT2D eigenvalue weighted by Crippen LogP contribution is 2.30. The molecule has 4 rings (SSSR count). The van der Waals surface area contributed by atoms with E-state index in [1.807, 2.05) is 30.3 Å². The lowest BCUT2D eigenvalue weighted by atomic mass is 10.2. The standard InChI is InChI=1S/C27H24N4O4/c1-31(2)26(32)21-9-6-10-22(16-21)34-27-29-14-13-25(30-27)35-24-15-20(17-28)11-12-23(24)33-18-19-7-4-3-5-8-19/h3-12,15-16H,13-14,18H2,1-2H3. The number of benzene rings is 3. The van der Waals surface area contributed by atoms with Crippen LogP contribution in [0.15, 0.2) is 82.8 Å². The van der Waals surface area contributed by atoms with Crippen LogP contribution < -0.4 is 14.2 Å². The Morgan fingerprint density at radius 3 is 2.60 bits per heavy atom. The van der Waals surface area contributed by atoms with Crippen LogP contribution in [0.25, 0.3) is 0 Å². The fraction of sp³-hybridized carbons (Fsp3) is 0.185. The first-order valence-electron chi connectivity index (χ1n) is 11.0. The Bertz CT molecular complexity index is 1310. The summed E-state index contributed by atoms with van der Waals surface area (Å²) in [7, 11) is 3.38. The molecule has 0 aliphatic carbocycles. The average Bonchev–Trinajstić information content (AvgIpc) is 2.88. The monoisotopic (exact) mass is 468 g/mol. The molecule has 0 radical (unpaired) electrons. The van der Waals surface area contributed by atoms with E-state index >= 15 is 0 Å². The third kappa shape index (κ3) is 6.24. The van der Waals surface area contributed by atoms with E-state index in [0.717, 1.165) is 5.56 Å². The Labute approximate surface area is 203 Å². The molecule has 8 nitrogen and oxygen atoms in total. The Balaban J connectivity index is 1.50. The van der Waals surface area contributed by atoms with Gasteiger partial charge in [-0.1, -0.05) is 36.4 Å². The smallest absolute Gasteiger partial charge is 0.320 e. The number of ether oxygens (including phenoxy) is 3. The van der Waals surface area contributed by atoms with Gasteiger partial charge in [0.2, 0.25) is 5.90 Å². The van der Waals surface area contributed by atoms with Crippen molar-refractivity contribution in [2.75, 3.05) is 20.6 Å². The minimum Gasteiger partial charge on any atom is -0.485 e. The predicted molar refractivity (Wildman–Crippen MR) is 132 cm³/mol. The maximum atomic E-state index is 12.2. The molecule has 1 amide bonds. The molecule has 3 aromatic carbocycles. The molecule has 1 heterocycles. The predicted octanol–water partition coefficient (Wildman–Crippen LogP) is 4.46. The van der Waals surface area contributed by atoms with Gasteiger partial charge in [0.05, 0.1) is 18.2 Å². The number of carbonyl (C=O) groups is 1. The summed E-state index contributed by atoms with van der Waals surface area (Å²) in [6.07, 6.45) is 0.459. The second kappa shape index (κ2) is 11.0. The third-order valence-corrected chi connectivity index (χ3v) is 5.03. The molecule has 0 fully saturated rings. The van der Waals surface area contributed by atoms with Crippen molar-refractivity contribution in [3.05, 3.63) is 89.5 Å². The van der Waals surface area contributed by atoms with Crippen LogP contribution in [-0.4, -0.2) is 43.4 Å². The fourth-order valence-electron chi connectivity index (χ4n) is 3.27. The van der Waals surface area contributed by atoms with Gasteiger partial charge in [-0.3, -0.25) is 4.79 Å². The summed E-state index contributed by atoms with van der Waals surface area (Å²) >= 11 is 0. The molecule has 0 bridgehead atoms. The van der Waals surface area contributed by atoms with Gasteiger partial charge in [-0.05, 0) is 35.9 Å². The summed E-state index contributed by atoms with van der Waals surface area (Å²) in [4.78, 5) is 22.4. The van der Waals surface area contributed by atoms with E-state index in [2.05, 4.69) is 16.1 Å². The second-order valence-corrected chi connectivity index (χ2v) is 7.90. The van der Waals surface area contributed by atoms with Gasteiger partial charge in [0.1, 0.15) is 12.4 Å². The van der Waals surface area contributed by atoms with E-state index in [4.69, 9.17) is 14.2 Å². The lowest BCUT2D eigenvalue weighted by Crippen LogP contribution is -2.22. The van der Waals surface area contributed by atoms with Gasteiger partial charge in [-0.25, -0.2) is 4.99 Å². The molecule has 176 valence electrons. The third-order valence-electron chi connectivity index (χ3n) is 5.03. The fourth-order valence-corrected chi connectivity index (χ4v) is 3.27. The lowest BCUT2D eigenvalue weighted by molar-refractivity contribution is 0.0827. The zero-order valence-electron chi connectivity index (χ0n) is 19.5. The molecule has 8 heteroatoms. The van der Waals surface area contributed by atoms with Crippen LogP contribution in [0, 0.1) is 11.3 Å². The summed E-state index contributed by atoms with van der Waals surface area (Å²) in [6.45, 7) is 0.774. The Kier molecular flexibility index (Phi) is 7.38. The molecule has 0 saturated carbocycles. The van der Waals surface area contributed by atoms with Gasteiger partial charge in [-0.2, -0.15) is 10.3 Å². The summed E-state index contributed by atoms with van der Waals surface area (Å²) < 4.78 is 17.8. The number of nitriles is 1. The number of rotatable bonds is 6. The van der Waals surface area contributed by atoms with E-state index < -0.39 is 0 Å². The van der Waals surface area contributed by atoms with E-state index in [9.17, 15) is 10.1 Å². The van der Waals surface area contributed by atoms with Crippen molar-refractivity contribution in [3.63, 3.8) is 0 Å². The van der Waals surface area contributed by atoms with E-state index in [0.29, 0.717) is 53.8 Å². The highest BCUT2D eigenvalue weighted by atomic mass is 16.5. The molecule has 0 saturated heterocycles. The van der Waals surface area contributed by atoms with Crippen molar-refractivity contribution in [1.29, 1.82) is 5.26 Å². The molecule has 1 aliphatic heterocycles. The molecular weight excluding hydrogens is 444 g/mol. The largest absolute Gasteiger partial charge is 0.485 e.